The van der Waals surface area contributed by atoms with Crippen LogP contribution < -0.4 is 11.1 Å². The molecule has 0 bridgehead atoms. The first-order valence-corrected chi connectivity index (χ1v) is 5.99. The summed E-state index contributed by atoms with van der Waals surface area (Å²) in [7, 11) is 0. The van der Waals surface area contributed by atoms with Gasteiger partial charge < -0.3 is 11.1 Å². The fraction of sp³-hybridized carbons (Fsp3) is 0.750. The molecule has 1 aliphatic rings. The van der Waals surface area contributed by atoms with Crippen molar-refractivity contribution < 1.29 is 4.79 Å². The molecule has 4 heteroatoms. The lowest BCUT2D eigenvalue weighted by molar-refractivity contribution is -0.122. The smallest absolute Gasteiger partial charge is 0.234 e. The first-order valence-electron chi connectivity index (χ1n) is 5.99. The molecule has 2 unspecified atom stereocenters. The summed E-state index contributed by atoms with van der Waals surface area (Å²) < 4.78 is 0. The average Bonchev–Trinajstić information content (AvgIpc) is 2.26. The lowest BCUT2D eigenvalue weighted by Gasteiger charge is -2.34. The van der Waals surface area contributed by atoms with Gasteiger partial charge in [0.2, 0.25) is 5.91 Å². The Kier molecular flexibility index (Phi) is 5.49. The highest BCUT2D eigenvalue weighted by atomic mass is 16.2. The lowest BCUT2D eigenvalue weighted by atomic mass is 9.92. The number of amides is 1. The molecule has 0 aliphatic carbocycles. The minimum absolute atomic E-state index is 0.0743. The van der Waals surface area contributed by atoms with Gasteiger partial charge in [0.15, 0.2) is 0 Å². The predicted octanol–water partition coefficient (Wildman–Crippen LogP) is 0.348. The molecule has 0 aromatic rings. The van der Waals surface area contributed by atoms with Gasteiger partial charge in [-0.2, -0.15) is 0 Å². The van der Waals surface area contributed by atoms with E-state index in [9.17, 15) is 4.79 Å². The van der Waals surface area contributed by atoms with Crippen LogP contribution in [0, 0.1) is 5.92 Å². The highest BCUT2D eigenvalue weighted by Crippen LogP contribution is 2.18. The largest absolute Gasteiger partial charge is 0.352 e. The van der Waals surface area contributed by atoms with Gasteiger partial charge in [-0.05, 0) is 32.2 Å². The Labute approximate surface area is 97.9 Å². The van der Waals surface area contributed by atoms with Gasteiger partial charge in [-0.15, -0.1) is 6.58 Å². The number of carbonyl (C=O) groups is 1. The number of hydrogen-bond acceptors (Lipinski definition) is 3. The third kappa shape index (κ3) is 4.33. The van der Waals surface area contributed by atoms with E-state index < -0.39 is 0 Å². The van der Waals surface area contributed by atoms with Crippen molar-refractivity contribution >= 4 is 5.91 Å². The molecular weight excluding hydrogens is 202 g/mol. The third-order valence-corrected chi connectivity index (χ3v) is 3.10. The molecule has 2 atom stereocenters. The maximum Gasteiger partial charge on any atom is 0.234 e. The minimum Gasteiger partial charge on any atom is -0.352 e. The normalized spacial score (nSPS) is 23.8. The van der Waals surface area contributed by atoms with Gasteiger partial charge in [0, 0.05) is 19.1 Å². The number of carbonyl (C=O) groups excluding carboxylic acids is 1. The molecule has 92 valence electrons. The molecule has 4 nitrogen and oxygen atoms in total. The molecule has 1 saturated heterocycles. The van der Waals surface area contributed by atoms with Crippen LogP contribution in [0.25, 0.3) is 0 Å². The van der Waals surface area contributed by atoms with E-state index in [0.717, 1.165) is 19.5 Å². The van der Waals surface area contributed by atoms with Gasteiger partial charge in [0.05, 0.1) is 6.54 Å². The Balaban J connectivity index is 2.31. The molecule has 1 heterocycles. The fourth-order valence-corrected chi connectivity index (χ4v) is 2.11. The van der Waals surface area contributed by atoms with Crippen LogP contribution in [0.15, 0.2) is 12.7 Å². The molecule has 0 aromatic carbocycles. The van der Waals surface area contributed by atoms with Gasteiger partial charge in [-0.3, -0.25) is 9.69 Å². The van der Waals surface area contributed by atoms with Crippen molar-refractivity contribution in [2.75, 3.05) is 26.2 Å². The van der Waals surface area contributed by atoms with E-state index in [2.05, 4.69) is 16.8 Å². The van der Waals surface area contributed by atoms with Gasteiger partial charge >= 0.3 is 0 Å². The molecule has 0 aromatic heterocycles. The summed E-state index contributed by atoms with van der Waals surface area (Å²) in [6.45, 7) is 8.59. The van der Waals surface area contributed by atoms with E-state index in [1.54, 1.807) is 6.08 Å². The number of hydrogen-bond donors (Lipinski definition) is 2. The van der Waals surface area contributed by atoms with Crippen LogP contribution in [-0.4, -0.2) is 43.0 Å². The van der Waals surface area contributed by atoms with Gasteiger partial charge in [0.1, 0.15) is 0 Å². The van der Waals surface area contributed by atoms with Crippen molar-refractivity contribution in [1.82, 2.24) is 10.2 Å². The summed E-state index contributed by atoms with van der Waals surface area (Å²) in [6, 6.07) is 0.221. The highest BCUT2D eigenvalue weighted by Gasteiger charge is 2.23. The molecule has 0 radical (unpaired) electrons. The first-order chi connectivity index (χ1) is 7.63. The van der Waals surface area contributed by atoms with Gasteiger partial charge in [0.25, 0.3) is 0 Å². The monoisotopic (exact) mass is 225 g/mol. The number of piperidine rings is 1. The molecule has 1 aliphatic heterocycles. The Morgan fingerprint density at radius 3 is 3.12 bits per heavy atom. The zero-order valence-electron chi connectivity index (χ0n) is 10.1. The van der Waals surface area contributed by atoms with E-state index >= 15 is 0 Å². The van der Waals surface area contributed by atoms with Crippen LogP contribution in [0.4, 0.5) is 0 Å². The average molecular weight is 225 g/mol. The Hall–Kier alpha value is -0.870. The number of rotatable bonds is 5. The molecule has 1 fully saturated rings. The number of nitrogens with zero attached hydrogens (tertiary/aromatic N) is 1. The molecule has 1 amide bonds. The van der Waals surface area contributed by atoms with Crippen LogP contribution in [0.3, 0.4) is 0 Å². The summed E-state index contributed by atoms with van der Waals surface area (Å²) in [6.07, 6.45) is 4.02. The second kappa shape index (κ2) is 6.66. The Bertz CT molecular complexity index is 240. The summed E-state index contributed by atoms with van der Waals surface area (Å²) >= 11 is 0. The van der Waals surface area contributed by atoms with Crippen molar-refractivity contribution in [3.05, 3.63) is 12.7 Å². The Morgan fingerprint density at radius 1 is 1.75 bits per heavy atom. The molecule has 0 spiro atoms. The topological polar surface area (TPSA) is 58.4 Å². The summed E-state index contributed by atoms with van der Waals surface area (Å²) in [5.74, 6) is 0.603. The summed E-state index contributed by atoms with van der Waals surface area (Å²) in [4.78, 5) is 13.7. The quantitative estimate of drug-likeness (QED) is 0.664. The molecule has 0 saturated carbocycles. The van der Waals surface area contributed by atoms with Crippen molar-refractivity contribution in [2.24, 2.45) is 11.7 Å². The summed E-state index contributed by atoms with van der Waals surface area (Å²) in [5, 5.41) is 2.79. The van der Waals surface area contributed by atoms with E-state index in [4.69, 9.17) is 5.73 Å². The van der Waals surface area contributed by atoms with Crippen LogP contribution in [0.5, 0.6) is 0 Å². The second-order valence-corrected chi connectivity index (χ2v) is 4.59. The predicted molar refractivity (Wildman–Crippen MR) is 66.0 cm³/mol. The van der Waals surface area contributed by atoms with Crippen molar-refractivity contribution in [3.63, 3.8) is 0 Å². The maximum atomic E-state index is 11.5. The standard InChI is InChI=1S/C12H23N3O/c1-3-6-14-12(16)9-15-7-4-5-11(8-15)10(2)13/h3,10-11H,1,4-9,13H2,2H3,(H,14,16). The SMILES string of the molecule is C=CCNC(=O)CN1CCCC(C(C)N)C1. The van der Waals surface area contributed by atoms with Crippen molar-refractivity contribution in [1.29, 1.82) is 0 Å². The molecule has 3 N–H and O–H groups in total. The lowest BCUT2D eigenvalue weighted by Crippen LogP contribution is -2.46. The highest BCUT2D eigenvalue weighted by molar-refractivity contribution is 5.78. The number of likely N-dealkylation sites (tertiary alicyclic amines) is 1. The number of nitrogens with two attached hydrogens (primary N) is 1. The summed E-state index contributed by atoms with van der Waals surface area (Å²) in [5.41, 5.74) is 5.90. The molecular formula is C12H23N3O. The third-order valence-electron chi connectivity index (χ3n) is 3.10. The van der Waals surface area contributed by atoms with Crippen LogP contribution in [0.2, 0.25) is 0 Å². The Morgan fingerprint density at radius 2 is 2.50 bits per heavy atom. The first kappa shape index (κ1) is 13.2. The second-order valence-electron chi connectivity index (χ2n) is 4.59. The zero-order chi connectivity index (χ0) is 12.0. The van der Waals surface area contributed by atoms with Gasteiger partial charge in [-0.25, -0.2) is 0 Å². The maximum absolute atomic E-state index is 11.5. The van der Waals surface area contributed by atoms with E-state index in [1.807, 2.05) is 6.92 Å². The van der Waals surface area contributed by atoms with Crippen LogP contribution >= 0.6 is 0 Å². The van der Waals surface area contributed by atoms with E-state index in [0.29, 0.717) is 19.0 Å². The van der Waals surface area contributed by atoms with Crippen LogP contribution in [0.1, 0.15) is 19.8 Å². The minimum atomic E-state index is 0.0743. The van der Waals surface area contributed by atoms with Gasteiger partial charge in [-0.1, -0.05) is 6.08 Å². The van der Waals surface area contributed by atoms with Crippen molar-refractivity contribution in [3.8, 4) is 0 Å². The number of nitrogens with one attached hydrogen (secondary N) is 1. The van der Waals surface area contributed by atoms with E-state index in [1.165, 1.54) is 6.42 Å². The fourth-order valence-electron chi connectivity index (χ4n) is 2.11. The van der Waals surface area contributed by atoms with Crippen molar-refractivity contribution in [2.45, 2.75) is 25.8 Å². The van der Waals surface area contributed by atoms with Crippen LogP contribution in [-0.2, 0) is 4.79 Å². The molecule has 16 heavy (non-hydrogen) atoms. The zero-order valence-corrected chi connectivity index (χ0v) is 10.1. The van der Waals surface area contributed by atoms with E-state index in [-0.39, 0.29) is 11.9 Å². The molecule has 1 rings (SSSR count).